The van der Waals surface area contributed by atoms with Gasteiger partial charge in [0.1, 0.15) is 5.82 Å². The molecule has 0 saturated carbocycles. The molecule has 0 saturated heterocycles. The van der Waals surface area contributed by atoms with Crippen LogP contribution < -0.4 is 0 Å². The molecule has 0 nitrogen and oxygen atoms in total. The Morgan fingerprint density at radius 1 is 0.762 bits per heavy atom. The highest BCUT2D eigenvalue weighted by molar-refractivity contribution is 5.96. The van der Waals surface area contributed by atoms with E-state index in [1.54, 1.807) is 6.07 Å². The van der Waals surface area contributed by atoms with E-state index in [1.165, 1.54) is 0 Å². The highest BCUT2D eigenvalue weighted by atomic mass is 19.1. The molecule has 1 heteroatoms. The Hall–Kier alpha value is -2.15. The van der Waals surface area contributed by atoms with Gasteiger partial charge in [0.2, 0.25) is 0 Å². The molecule has 0 aliphatic heterocycles. The lowest BCUT2D eigenvalue weighted by atomic mass is 9.85. The van der Waals surface area contributed by atoms with Crippen molar-refractivity contribution < 1.29 is 4.39 Å². The molecular weight excluding hydrogens is 259 g/mol. The lowest BCUT2D eigenvalue weighted by Gasteiger charge is -2.20. The molecular formula is C20H19F. The van der Waals surface area contributed by atoms with Crippen LogP contribution in [-0.2, 0) is 5.41 Å². The van der Waals surface area contributed by atoms with Gasteiger partial charge in [-0.15, -0.1) is 0 Å². The second-order valence-corrected chi connectivity index (χ2v) is 6.47. The van der Waals surface area contributed by atoms with Gasteiger partial charge in [-0.05, 0) is 39.4 Å². The molecule has 0 heterocycles. The Labute approximate surface area is 125 Å². The van der Waals surface area contributed by atoms with Gasteiger partial charge in [0.15, 0.2) is 0 Å². The van der Waals surface area contributed by atoms with E-state index in [4.69, 9.17) is 0 Å². The third-order valence-corrected chi connectivity index (χ3v) is 3.91. The zero-order chi connectivity index (χ0) is 15.0. The fourth-order valence-electron chi connectivity index (χ4n) is 2.66. The Morgan fingerprint density at radius 3 is 2.24 bits per heavy atom. The predicted octanol–water partition coefficient (Wildman–Crippen LogP) is 5.94. The van der Waals surface area contributed by atoms with E-state index < -0.39 is 0 Å². The maximum atomic E-state index is 14.4. The van der Waals surface area contributed by atoms with Crippen molar-refractivity contribution >= 4 is 10.8 Å². The third kappa shape index (κ3) is 2.56. The second kappa shape index (κ2) is 5.00. The van der Waals surface area contributed by atoms with E-state index in [0.717, 1.165) is 21.9 Å². The van der Waals surface area contributed by atoms with Crippen LogP contribution in [0, 0.1) is 5.82 Å². The van der Waals surface area contributed by atoms with Crippen molar-refractivity contribution in [3.8, 4) is 11.1 Å². The van der Waals surface area contributed by atoms with Crippen LogP contribution in [0.25, 0.3) is 21.9 Å². The van der Waals surface area contributed by atoms with Crippen LogP contribution >= 0.6 is 0 Å². The Balaban J connectivity index is 2.28. The van der Waals surface area contributed by atoms with Gasteiger partial charge in [-0.1, -0.05) is 69.3 Å². The zero-order valence-electron chi connectivity index (χ0n) is 12.7. The molecule has 0 amide bonds. The van der Waals surface area contributed by atoms with Crippen molar-refractivity contribution in [2.24, 2.45) is 0 Å². The number of hydrogen-bond donors (Lipinski definition) is 0. The summed E-state index contributed by atoms with van der Waals surface area (Å²) in [5, 5.41) is 2.22. The monoisotopic (exact) mass is 278 g/mol. The fraction of sp³-hybridized carbons (Fsp3) is 0.200. The van der Waals surface area contributed by atoms with Crippen LogP contribution in [0.4, 0.5) is 4.39 Å². The average Bonchev–Trinajstić information content (AvgIpc) is 2.46. The maximum Gasteiger partial charge on any atom is 0.131 e. The third-order valence-electron chi connectivity index (χ3n) is 3.91. The van der Waals surface area contributed by atoms with Crippen LogP contribution in [-0.4, -0.2) is 0 Å². The first-order chi connectivity index (χ1) is 9.97. The fourth-order valence-corrected chi connectivity index (χ4v) is 2.66. The second-order valence-electron chi connectivity index (χ2n) is 6.47. The quantitative estimate of drug-likeness (QED) is 0.516. The smallest absolute Gasteiger partial charge is 0.131 e. The zero-order valence-corrected chi connectivity index (χ0v) is 12.7. The molecule has 0 N–H and O–H groups in total. The first-order valence-electron chi connectivity index (χ1n) is 7.25. The summed E-state index contributed by atoms with van der Waals surface area (Å²) in [5.41, 5.74) is 2.79. The van der Waals surface area contributed by atoms with E-state index in [1.807, 2.05) is 42.5 Å². The van der Waals surface area contributed by atoms with Crippen molar-refractivity contribution in [1.82, 2.24) is 0 Å². The summed E-state index contributed by atoms with van der Waals surface area (Å²) in [6, 6.07) is 19.6. The maximum absolute atomic E-state index is 14.4. The van der Waals surface area contributed by atoms with Gasteiger partial charge < -0.3 is 0 Å². The lowest BCUT2D eigenvalue weighted by Crippen LogP contribution is -2.11. The van der Waals surface area contributed by atoms with Crippen LogP contribution in [0.15, 0.2) is 60.7 Å². The Bertz CT molecular complexity index is 789. The molecule has 21 heavy (non-hydrogen) atoms. The van der Waals surface area contributed by atoms with E-state index in [-0.39, 0.29) is 11.2 Å². The first kappa shape index (κ1) is 13.8. The summed E-state index contributed by atoms with van der Waals surface area (Å²) >= 11 is 0. The summed E-state index contributed by atoms with van der Waals surface area (Å²) in [5.74, 6) is -0.167. The Kier molecular flexibility index (Phi) is 3.29. The molecule has 0 aliphatic rings. The molecule has 0 bridgehead atoms. The highest BCUT2D eigenvalue weighted by Gasteiger charge is 2.17. The van der Waals surface area contributed by atoms with Gasteiger partial charge >= 0.3 is 0 Å². The summed E-state index contributed by atoms with van der Waals surface area (Å²) in [6.07, 6.45) is 0. The summed E-state index contributed by atoms with van der Waals surface area (Å²) in [7, 11) is 0. The largest absolute Gasteiger partial charge is 0.206 e. The van der Waals surface area contributed by atoms with Gasteiger partial charge in [-0.2, -0.15) is 0 Å². The molecule has 0 fully saturated rings. The van der Waals surface area contributed by atoms with Crippen LogP contribution in [0.3, 0.4) is 0 Å². The molecule has 0 aromatic heterocycles. The summed E-state index contributed by atoms with van der Waals surface area (Å²) in [4.78, 5) is 0. The van der Waals surface area contributed by atoms with E-state index >= 15 is 0 Å². The van der Waals surface area contributed by atoms with Gasteiger partial charge in [0, 0.05) is 5.56 Å². The summed E-state index contributed by atoms with van der Waals surface area (Å²) in [6.45, 7) is 6.44. The van der Waals surface area contributed by atoms with Crippen LogP contribution in [0.2, 0.25) is 0 Å². The standard InChI is InChI=1S/C20H19F/c1-20(2,3)15-11-12-19(21)18(13-15)17-10-6-8-14-7-4-5-9-16(14)17/h4-13H,1-3H3. The van der Waals surface area contributed by atoms with Gasteiger partial charge in [-0.3, -0.25) is 0 Å². The molecule has 0 unspecified atom stereocenters. The minimum absolute atomic E-state index is 0.00698. The van der Waals surface area contributed by atoms with Crippen LogP contribution in [0.1, 0.15) is 26.3 Å². The van der Waals surface area contributed by atoms with Gasteiger partial charge in [0.25, 0.3) is 0 Å². The van der Waals surface area contributed by atoms with Crippen LogP contribution in [0.5, 0.6) is 0 Å². The first-order valence-corrected chi connectivity index (χ1v) is 7.25. The summed E-state index contributed by atoms with van der Waals surface area (Å²) < 4.78 is 14.4. The topological polar surface area (TPSA) is 0 Å². The molecule has 0 radical (unpaired) electrons. The van der Waals surface area contributed by atoms with Crippen molar-refractivity contribution in [2.45, 2.75) is 26.2 Å². The molecule has 106 valence electrons. The number of benzene rings is 3. The highest BCUT2D eigenvalue weighted by Crippen LogP contribution is 2.33. The van der Waals surface area contributed by atoms with Crippen molar-refractivity contribution in [3.05, 3.63) is 72.0 Å². The predicted molar refractivity (Wildman–Crippen MR) is 88.0 cm³/mol. The van der Waals surface area contributed by atoms with Crippen molar-refractivity contribution in [1.29, 1.82) is 0 Å². The van der Waals surface area contributed by atoms with E-state index in [9.17, 15) is 4.39 Å². The van der Waals surface area contributed by atoms with Crippen molar-refractivity contribution in [3.63, 3.8) is 0 Å². The molecule has 0 aliphatic carbocycles. The number of rotatable bonds is 1. The number of fused-ring (bicyclic) bond motifs is 1. The van der Waals surface area contributed by atoms with E-state index in [0.29, 0.717) is 5.56 Å². The van der Waals surface area contributed by atoms with E-state index in [2.05, 4.69) is 32.9 Å². The minimum atomic E-state index is -0.167. The van der Waals surface area contributed by atoms with Gasteiger partial charge in [0.05, 0.1) is 0 Å². The molecule has 0 atom stereocenters. The lowest BCUT2D eigenvalue weighted by molar-refractivity contribution is 0.584. The normalized spacial score (nSPS) is 11.8. The number of halogens is 1. The molecule has 0 spiro atoms. The van der Waals surface area contributed by atoms with Crippen molar-refractivity contribution in [2.75, 3.05) is 0 Å². The number of hydrogen-bond acceptors (Lipinski definition) is 0. The molecule has 3 aromatic rings. The Morgan fingerprint density at radius 2 is 1.48 bits per heavy atom. The van der Waals surface area contributed by atoms with Gasteiger partial charge in [-0.25, -0.2) is 4.39 Å². The minimum Gasteiger partial charge on any atom is -0.206 e. The SMILES string of the molecule is CC(C)(C)c1ccc(F)c(-c2cccc3ccccc23)c1. The average molecular weight is 278 g/mol. The molecule has 3 aromatic carbocycles. The molecule has 3 rings (SSSR count).